The molecule has 0 aromatic heterocycles. The Kier molecular flexibility index (Phi) is 6.31. The van der Waals surface area contributed by atoms with E-state index in [0.717, 1.165) is 5.69 Å². The van der Waals surface area contributed by atoms with Gasteiger partial charge in [0, 0.05) is 24.8 Å². The molecule has 1 aliphatic heterocycles. The monoisotopic (exact) mass is 403 g/mol. The Balaban J connectivity index is 1.41. The van der Waals surface area contributed by atoms with Crippen LogP contribution in [0.1, 0.15) is 24.1 Å². The largest absolute Gasteiger partial charge is 0.377 e. The second kappa shape index (κ2) is 9.28. The Morgan fingerprint density at radius 3 is 2.70 bits per heavy atom. The molecule has 1 heterocycles. The van der Waals surface area contributed by atoms with E-state index in [0.29, 0.717) is 26.3 Å². The highest BCUT2D eigenvalue weighted by molar-refractivity contribution is 5.89. The van der Waals surface area contributed by atoms with Gasteiger partial charge in [-0.15, -0.1) is 0 Å². The van der Waals surface area contributed by atoms with Gasteiger partial charge in [-0.3, -0.25) is 0 Å². The van der Waals surface area contributed by atoms with E-state index in [9.17, 15) is 4.79 Å². The number of ether oxygens (including phenoxy) is 1. The fourth-order valence-corrected chi connectivity index (χ4v) is 3.97. The normalized spacial score (nSPS) is 17.7. The predicted molar refractivity (Wildman–Crippen MR) is 122 cm³/mol. The number of carbonyl (C=O) groups is 1. The van der Waals surface area contributed by atoms with E-state index in [4.69, 9.17) is 4.74 Å². The molecule has 0 bridgehead atoms. The van der Waals surface area contributed by atoms with Crippen LogP contribution in [0, 0.1) is 6.92 Å². The molecule has 2 atom stereocenters. The summed E-state index contributed by atoms with van der Waals surface area (Å²) in [6.07, 6.45) is 0. The first-order valence-corrected chi connectivity index (χ1v) is 10.5. The summed E-state index contributed by atoms with van der Waals surface area (Å²) in [7, 11) is 0. The molecule has 5 heteroatoms. The third-order valence-corrected chi connectivity index (χ3v) is 5.74. The molecule has 1 unspecified atom stereocenters. The van der Waals surface area contributed by atoms with Crippen LogP contribution in [0.3, 0.4) is 0 Å². The molecule has 4 rings (SSSR count). The number of anilines is 1. The zero-order valence-corrected chi connectivity index (χ0v) is 17.6. The van der Waals surface area contributed by atoms with Gasteiger partial charge in [-0.25, -0.2) is 4.79 Å². The second-order valence-electron chi connectivity index (χ2n) is 7.92. The zero-order chi connectivity index (χ0) is 20.9. The first-order valence-electron chi connectivity index (χ1n) is 10.5. The van der Waals surface area contributed by atoms with Crippen molar-refractivity contribution in [2.24, 2.45) is 0 Å². The molecule has 3 aromatic carbocycles. The summed E-state index contributed by atoms with van der Waals surface area (Å²) in [5, 5.41) is 9.13. The van der Waals surface area contributed by atoms with Gasteiger partial charge in [-0.1, -0.05) is 60.2 Å². The molecular weight excluding hydrogens is 374 g/mol. The molecule has 156 valence electrons. The lowest BCUT2D eigenvalue weighted by molar-refractivity contribution is 0.0151. The number of fused-ring (bicyclic) bond motifs is 1. The van der Waals surface area contributed by atoms with E-state index < -0.39 is 0 Å². The molecule has 2 amide bonds. The third kappa shape index (κ3) is 4.64. The number of benzene rings is 3. The lowest BCUT2D eigenvalue weighted by Gasteiger charge is -2.36. The van der Waals surface area contributed by atoms with Gasteiger partial charge in [0.15, 0.2) is 0 Å². The number of rotatable bonds is 5. The van der Waals surface area contributed by atoms with Crippen molar-refractivity contribution < 1.29 is 9.53 Å². The van der Waals surface area contributed by atoms with Crippen LogP contribution in [0.15, 0.2) is 66.7 Å². The fraction of sp³-hybridized carbons (Fsp3) is 0.320. The Hall–Kier alpha value is -2.89. The first-order chi connectivity index (χ1) is 14.6. The standard InChI is InChI=1S/C25H29N3O2/c1-18-10-12-21(13-11-18)27-25(29)28-14-15-30-17-22(28)16-26-19(2)23-9-5-7-20-6-3-4-8-24(20)23/h3-13,19,22,26H,14-17H2,1-2H3,(H,27,29)/t19-,22?/m1/s1. The van der Waals surface area contributed by atoms with Crippen LogP contribution in [0.2, 0.25) is 0 Å². The van der Waals surface area contributed by atoms with Crippen LogP contribution in [0.25, 0.3) is 10.8 Å². The maximum atomic E-state index is 12.9. The molecule has 3 aromatic rings. The van der Waals surface area contributed by atoms with Gasteiger partial charge in [0.25, 0.3) is 0 Å². The van der Waals surface area contributed by atoms with Crippen LogP contribution in [0.4, 0.5) is 10.5 Å². The van der Waals surface area contributed by atoms with E-state index >= 15 is 0 Å². The molecule has 1 saturated heterocycles. The molecular formula is C25H29N3O2. The average Bonchev–Trinajstić information content (AvgIpc) is 2.78. The third-order valence-electron chi connectivity index (χ3n) is 5.74. The SMILES string of the molecule is Cc1ccc(NC(=O)N2CCOCC2CN[C@H](C)c2cccc3ccccc23)cc1. The van der Waals surface area contributed by atoms with Crippen LogP contribution in [0.5, 0.6) is 0 Å². The summed E-state index contributed by atoms with van der Waals surface area (Å²) in [4.78, 5) is 14.8. The van der Waals surface area contributed by atoms with Gasteiger partial charge in [-0.05, 0) is 42.3 Å². The highest BCUT2D eigenvalue weighted by atomic mass is 16.5. The van der Waals surface area contributed by atoms with E-state index in [1.807, 2.05) is 36.1 Å². The highest BCUT2D eigenvalue weighted by Crippen LogP contribution is 2.24. The number of aryl methyl sites for hydroxylation is 1. The Morgan fingerprint density at radius 2 is 1.87 bits per heavy atom. The van der Waals surface area contributed by atoms with Gasteiger partial charge in [0.2, 0.25) is 0 Å². The van der Waals surface area contributed by atoms with Crippen molar-refractivity contribution in [1.29, 1.82) is 0 Å². The number of nitrogens with one attached hydrogen (secondary N) is 2. The Morgan fingerprint density at radius 1 is 1.10 bits per heavy atom. The molecule has 2 N–H and O–H groups in total. The number of carbonyl (C=O) groups excluding carboxylic acids is 1. The first kappa shape index (κ1) is 20.4. The molecule has 5 nitrogen and oxygen atoms in total. The quantitative estimate of drug-likeness (QED) is 0.647. The Bertz CT molecular complexity index is 997. The summed E-state index contributed by atoms with van der Waals surface area (Å²) in [5.41, 5.74) is 3.25. The highest BCUT2D eigenvalue weighted by Gasteiger charge is 2.27. The van der Waals surface area contributed by atoms with Gasteiger partial charge >= 0.3 is 6.03 Å². The molecule has 0 radical (unpaired) electrons. The van der Waals surface area contributed by atoms with Crippen molar-refractivity contribution in [2.75, 3.05) is 31.6 Å². The van der Waals surface area contributed by atoms with Crippen molar-refractivity contribution in [3.05, 3.63) is 77.9 Å². The maximum absolute atomic E-state index is 12.9. The van der Waals surface area contributed by atoms with Gasteiger partial charge < -0.3 is 20.3 Å². The molecule has 0 aliphatic carbocycles. The maximum Gasteiger partial charge on any atom is 0.322 e. The van der Waals surface area contributed by atoms with Crippen LogP contribution >= 0.6 is 0 Å². The molecule has 1 fully saturated rings. The summed E-state index contributed by atoms with van der Waals surface area (Å²) in [6.45, 7) is 6.57. The molecule has 0 saturated carbocycles. The van der Waals surface area contributed by atoms with Crippen molar-refractivity contribution >= 4 is 22.5 Å². The van der Waals surface area contributed by atoms with Crippen molar-refractivity contribution in [1.82, 2.24) is 10.2 Å². The van der Waals surface area contributed by atoms with E-state index in [1.165, 1.54) is 21.9 Å². The van der Waals surface area contributed by atoms with E-state index in [-0.39, 0.29) is 18.1 Å². The number of morpholine rings is 1. The summed E-state index contributed by atoms with van der Waals surface area (Å²) in [5.74, 6) is 0. The second-order valence-corrected chi connectivity index (χ2v) is 7.92. The summed E-state index contributed by atoms with van der Waals surface area (Å²) < 4.78 is 5.68. The van der Waals surface area contributed by atoms with E-state index in [1.54, 1.807) is 0 Å². The fourth-order valence-electron chi connectivity index (χ4n) is 3.97. The van der Waals surface area contributed by atoms with Crippen molar-refractivity contribution in [3.63, 3.8) is 0 Å². The van der Waals surface area contributed by atoms with Crippen LogP contribution < -0.4 is 10.6 Å². The van der Waals surface area contributed by atoms with Crippen molar-refractivity contribution in [2.45, 2.75) is 25.9 Å². The van der Waals surface area contributed by atoms with Gasteiger partial charge in [0.05, 0.1) is 19.3 Å². The van der Waals surface area contributed by atoms with Crippen molar-refractivity contribution in [3.8, 4) is 0 Å². The number of nitrogens with zero attached hydrogens (tertiary/aromatic N) is 1. The van der Waals surface area contributed by atoms with E-state index in [2.05, 4.69) is 60.0 Å². The minimum Gasteiger partial charge on any atom is -0.377 e. The minimum atomic E-state index is -0.0771. The van der Waals surface area contributed by atoms with Gasteiger partial charge in [-0.2, -0.15) is 0 Å². The lowest BCUT2D eigenvalue weighted by Crippen LogP contribution is -2.54. The van der Waals surface area contributed by atoms with Crippen LogP contribution in [-0.2, 0) is 4.74 Å². The average molecular weight is 404 g/mol. The summed E-state index contributed by atoms with van der Waals surface area (Å²) >= 11 is 0. The molecule has 1 aliphatic rings. The topological polar surface area (TPSA) is 53.6 Å². The lowest BCUT2D eigenvalue weighted by atomic mass is 9.99. The van der Waals surface area contributed by atoms with Crippen LogP contribution in [-0.4, -0.2) is 43.3 Å². The molecule has 30 heavy (non-hydrogen) atoms. The summed E-state index contributed by atoms with van der Waals surface area (Å²) in [6, 6.07) is 22.8. The number of hydrogen-bond acceptors (Lipinski definition) is 3. The Labute approximate surface area is 178 Å². The smallest absolute Gasteiger partial charge is 0.322 e. The number of amides is 2. The predicted octanol–water partition coefficient (Wildman–Crippen LogP) is 4.73. The zero-order valence-electron chi connectivity index (χ0n) is 17.6. The van der Waals surface area contributed by atoms with Gasteiger partial charge in [0.1, 0.15) is 0 Å². The molecule has 0 spiro atoms. The number of hydrogen-bond donors (Lipinski definition) is 2. The number of urea groups is 1. The minimum absolute atomic E-state index is 0.0124.